The third-order valence-corrected chi connectivity index (χ3v) is 5.26. The Hall–Kier alpha value is -3.80. The van der Waals surface area contributed by atoms with Gasteiger partial charge < -0.3 is 10.0 Å². The van der Waals surface area contributed by atoms with E-state index in [0.29, 0.717) is 11.1 Å². The zero-order valence-electron chi connectivity index (χ0n) is 16.7. The molecule has 2 aromatic heterocycles. The molecule has 1 saturated heterocycles. The molecule has 30 heavy (non-hydrogen) atoms. The number of carbonyl (C=O) groups excluding carboxylic acids is 2. The van der Waals surface area contributed by atoms with E-state index in [2.05, 4.69) is 9.97 Å². The molecule has 1 fully saturated rings. The SMILES string of the molecule is Cc1ccc(C)c(/C(O)=C2/C(=O)C(=O)N(Cc3cccnc3)C2c2cccnc2)c1. The van der Waals surface area contributed by atoms with Crippen LogP contribution in [0.4, 0.5) is 0 Å². The topological polar surface area (TPSA) is 83.4 Å². The molecule has 6 nitrogen and oxygen atoms in total. The smallest absolute Gasteiger partial charge is 0.295 e. The number of pyridine rings is 2. The van der Waals surface area contributed by atoms with Crippen molar-refractivity contribution >= 4 is 17.4 Å². The van der Waals surface area contributed by atoms with Gasteiger partial charge in [-0.3, -0.25) is 19.6 Å². The molecule has 1 amide bonds. The molecule has 0 radical (unpaired) electrons. The quantitative estimate of drug-likeness (QED) is 0.411. The summed E-state index contributed by atoms with van der Waals surface area (Å²) in [5.74, 6) is -1.53. The molecule has 3 aromatic rings. The van der Waals surface area contributed by atoms with Crippen LogP contribution in [0.5, 0.6) is 0 Å². The number of hydrogen-bond acceptors (Lipinski definition) is 5. The number of amides is 1. The van der Waals surface area contributed by atoms with Crippen LogP contribution in [0.1, 0.15) is 33.9 Å². The second kappa shape index (κ2) is 7.91. The largest absolute Gasteiger partial charge is 0.507 e. The van der Waals surface area contributed by atoms with Crippen LogP contribution in [0.2, 0.25) is 0 Å². The van der Waals surface area contributed by atoms with Crippen molar-refractivity contribution in [1.82, 2.24) is 14.9 Å². The van der Waals surface area contributed by atoms with E-state index in [0.717, 1.165) is 16.7 Å². The number of rotatable bonds is 4. The van der Waals surface area contributed by atoms with Crippen molar-refractivity contribution in [1.29, 1.82) is 0 Å². The van der Waals surface area contributed by atoms with E-state index in [1.54, 1.807) is 43.0 Å². The minimum Gasteiger partial charge on any atom is -0.507 e. The molecule has 4 rings (SSSR count). The molecule has 3 heterocycles. The van der Waals surface area contributed by atoms with E-state index in [4.69, 9.17) is 0 Å². The molecule has 1 aromatic carbocycles. The molecule has 1 aliphatic rings. The number of ketones is 1. The Morgan fingerprint density at radius 1 is 1.03 bits per heavy atom. The number of benzene rings is 1. The predicted octanol–water partition coefficient (Wildman–Crippen LogP) is 3.72. The number of Topliss-reactive ketones (excluding diaryl/α,β-unsaturated/α-hetero) is 1. The Morgan fingerprint density at radius 3 is 2.43 bits per heavy atom. The molecular formula is C24H21N3O3. The van der Waals surface area contributed by atoms with Gasteiger partial charge in [0.2, 0.25) is 0 Å². The van der Waals surface area contributed by atoms with Crippen molar-refractivity contribution in [2.75, 3.05) is 0 Å². The summed E-state index contributed by atoms with van der Waals surface area (Å²) in [4.78, 5) is 35.8. The summed E-state index contributed by atoms with van der Waals surface area (Å²) < 4.78 is 0. The Balaban J connectivity index is 1.89. The molecule has 0 saturated carbocycles. The molecule has 1 unspecified atom stereocenters. The van der Waals surface area contributed by atoms with Crippen molar-refractivity contribution in [2.24, 2.45) is 0 Å². The minimum atomic E-state index is -0.737. The van der Waals surface area contributed by atoms with Gasteiger partial charge in [0.1, 0.15) is 5.76 Å². The van der Waals surface area contributed by atoms with E-state index in [9.17, 15) is 14.7 Å². The first-order valence-corrected chi connectivity index (χ1v) is 9.62. The highest BCUT2D eigenvalue weighted by Gasteiger charge is 2.46. The molecule has 1 atom stereocenters. The number of nitrogens with zero attached hydrogens (tertiary/aromatic N) is 3. The second-order valence-corrected chi connectivity index (χ2v) is 7.39. The van der Waals surface area contributed by atoms with Gasteiger partial charge in [-0.25, -0.2) is 0 Å². The van der Waals surface area contributed by atoms with Crippen molar-refractivity contribution in [2.45, 2.75) is 26.4 Å². The zero-order chi connectivity index (χ0) is 21.3. The maximum Gasteiger partial charge on any atom is 0.295 e. The van der Waals surface area contributed by atoms with Crippen molar-refractivity contribution in [3.63, 3.8) is 0 Å². The fraction of sp³-hybridized carbons (Fsp3) is 0.167. The first kappa shape index (κ1) is 19.5. The van der Waals surface area contributed by atoms with Crippen LogP contribution in [0.15, 0.2) is 72.8 Å². The zero-order valence-corrected chi connectivity index (χ0v) is 16.7. The number of aryl methyl sites for hydroxylation is 2. The van der Waals surface area contributed by atoms with Gasteiger partial charge in [-0.05, 0) is 48.7 Å². The average molecular weight is 399 g/mol. The Kier molecular flexibility index (Phi) is 5.14. The van der Waals surface area contributed by atoms with E-state index < -0.39 is 17.7 Å². The van der Waals surface area contributed by atoms with Crippen molar-refractivity contribution in [3.05, 3.63) is 101 Å². The highest BCUT2D eigenvalue weighted by molar-refractivity contribution is 6.46. The summed E-state index contributed by atoms with van der Waals surface area (Å²) in [6, 6.07) is 12.1. The normalized spacial score (nSPS) is 18.1. The first-order chi connectivity index (χ1) is 14.5. The Morgan fingerprint density at radius 2 is 1.77 bits per heavy atom. The summed E-state index contributed by atoms with van der Waals surface area (Å²) in [5, 5.41) is 11.2. The van der Waals surface area contributed by atoms with Gasteiger partial charge in [0.05, 0.1) is 11.6 Å². The van der Waals surface area contributed by atoms with Gasteiger partial charge in [-0.15, -0.1) is 0 Å². The lowest BCUT2D eigenvalue weighted by molar-refractivity contribution is -0.140. The van der Waals surface area contributed by atoms with Crippen LogP contribution in [0.25, 0.3) is 5.76 Å². The van der Waals surface area contributed by atoms with E-state index in [-0.39, 0.29) is 17.9 Å². The maximum atomic E-state index is 13.1. The average Bonchev–Trinajstić information content (AvgIpc) is 3.01. The minimum absolute atomic E-state index is 0.0746. The van der Waals surface area contributed by atoms with Gasteiger partial charge in [-0.1, -0.05) is 29.8 Å². The molecule has 0 bridgehead atoms. The lowest BCUT2D eigenvalue weighted by Gasteiger charge is -2.25. The molecular weight excluding hydrogens is 378 g/mol. The number of aromatic nitrogens is 2. The van der Waals surface area contributed by atoms with Crippen molar-refractivity contribution < 1.29 is 14.7 Å². The summed E-state index contributed by atoms with van der Waals surface area (Å²) in [5.41, 5.74) is 3.84. The molecule has 6 heteroatoms. The van der Waals surface area contributed by atoms with Gasteiger partial charge in [-0.2, -0.15) is 0 Å². The number of aliphatic hydroxyl groups excluding tert-OH is 1. The molecule has 1 aliphatic heterocycles. The monoisotopic (exact) mass is 399 g/mol. The van der Waals surface area contributed by atoms with E-state index in [1.165, 1.54) is 4.90 Å². The van der Waals surface area contributed by atoms with Crippen LogP contribution < -0.4 is 0 Å². The molecule has 150 valence electrons. The second-order valence-electron chi connectivity index (χ2n) is 7.39. The fourth-order valence-corrected chi connectivity index (χ4v) is 3.75. The van der Waals surface area contributed by atoms with Crippen molar-refractivity contribution in [3.8, 4) is 0 Å². The first-order valence-electron chi connectivity index (χ1n) is 9.62. The predicted molar refractivity (Wildman–Crippen MR) is 112 cm³/mol. The Bertz CT molecular complexity index is 1140. The number of likely N-dealkylation sites (tertiary alicyclic amines) is 1. The number of hydrogen-bond donors (Lipinski definition) is 1. The standard InChI is InChI=1S/C24H21N3O3/c1-15-7-8-16(2)19(11-15)22(28)20-21(18-6-4-10-26-13-18)27(24(30)23(20)29)14-17-5-3-9-25-12-17/h3-13,21,28H,14H2,1-2H3/b22-20-. The van der Waals surface area contributed by atoms with Crippen LogP contribution in [-0.4, -0.2) is 31.7 Å². The van der Waals surface area contributed by atoms with Gasteiger partial charge in [0.15, 0.2) is 0 Å². The third kappa shape index (κ3) is 3.48. The third-order valence-electron chi connectivity index (χ3n) is 5.26. The summed E-state index contributed by atoms with van der Waals surface area (Å²) >= 11 is 0. The highest BCUT2D eigenvalue weighted by atomic mass is 16.3. The van der Waals surface area contributed by atoms with E-state index in [1.807, 2.05) is 38.1 Å². The summed E-state index contributed by atoms with van der Waals surface area (Å²) in [6.45, 7) is 3.97. The lowest BCUT2D eigenvalue weighted by atomic mass is 9.94. The Labute approximate surface area is 174 Å². The van der Waals surface area contributed by atoms with E-state index >= 15 is 0 Å². The number of carbonyl (C=O) groups is 2. The van der Waals surface area contributed by atoms with Gasteiger partial charge in [0.25, 0.3) is 11.7 Å². The number of aliphatic hydroxyl groups is 1. The van der Waals surface area contributed by atoms with Crippen LogP contribution in [0.3, 0.4) is 0 Å². The van der Waals surface area contributed by atoms with Crippen LogP contribution >= 0.6 is 0 Å². The highest BCUT2D eigenvalue weighted by Crippen LogP contribution is 2.40. The summed E-state index contributed by atoms with van der Waals surface area (Å²) in [7, 11) is 0. The van der Waals surface area contributed by atoms with Gasteiger partial charge in [0, 0.05) is 36.9 Å². The van der Waals surface area contributed by atoms with Crippen LogP contribution in [0, 0.1) is 13.8 Å². The fourth-order valence-electron chi connectivity index (χ4n) is 3.75. The molecule has 1 N–H and O–H groups in total. The molecule has 0 aliphatic carbocycles. The van der Waals surface area contributed by atoms with Gasteiger partial charge >= 0.3 is 0 Å². The lowest BCUT2D eigenvalue weighted by Crippen LogP contribution is -2.29. The summed E-state index contributed by atoms with van der Waals surface area (Å²) in [6.07, 6.45) is 6.55. The maximum absolute atomic E-state index is 13.1. The van der Waals surface area contributed by atoms with Crippen LogP contribution in [-0.2, 0) is 16.1 Å². The molecule has 0 spiro atoms.